The summed E-state index contributed by atoms with van der Waals surface area (Å²) in [5.41, 5.74) is -1.33. The molecule has 0 unspecified atom stereocenters. The van der Waals surface area contributed by atoms with Crippen LogP contribution >= 0.6 is 23.1 Å². The Hall–Kier alpha value is -1.62. The number of nitrogens with zero attached hydrogens (tertiary/aromatic N) is 2. The van der Waals surface area contributed by atoms with Gasteiger partial charge in [0.2, 0.25) is 11.0 Å². The molecule has 0 aliphatic carbocycles. The average Bonchev–Trinajstić information content (AvgIpc) is 2.96. The quantitative estimate of drug-likeness (QED) is 0.854. The maximum absolute atomic E-state index is 12.9. The SMILES string of the molecule is CCOC(=O)c1sc(/N=C2\NC(=O)CS2)nc1C(F)(F)F. The molecule has 2 heterocycles. The minimum absolute atomic E-state index is 0.0518. The first-order chi connectivity index (χ1) is 9.81. The normalized spacial score (nSPS) is 17.1. The van der Waals surface area contributed by atoms with Crippen molar-refractivity contribution in [3.63, 3.8) is 0 Å². The summed E-state index contributed by atoms with van der Waals surface area (Å²) in [7, 11) is 0. The van der Waals surface area contributed by atoms with Crippen LogP contribution in [-0.4, -0.2) is 34.4 Å². The van der Waals surface area contributed by atoms with Crippen LogP contribution in [0, 0.1) is 0 Å². The summed E-state index contributed by atoms with van der Waals surface area (Å²) in [4.78, 5) is 29.0. The zero-order chi connectivity index (χ0) is 15.6. The molecular formula is C10H8F3N3O3S2. The number of esters is 1. The molecule has 21 heavy (non-hydrogen) atoms. The lowest BCUT2D eigenvalue weighted by molar-refractivity contribution is -0.141. The van der Waals surface area contributed by atoms with Crippen LogP contribution in [-0.2, 0) is 15.7 Å². The summed E-state index contributed by atoms with van der Waals surface area (Å²) in [6.45, 7) is 1.43. The van der Waals surface area contributed by atoms with E-state index in [-0.39, 0.29) is 28.6 Å². The van der Waals surface area contributed by atoms with Crippen molar-refractivity contribution in [3.8, 4) is 0 Å². The Morgan fingerprint density at radius 2 is 2.24 bits per heavy atom. The van der Waals surface area contributed by atoms with Crippen molar-refractivity contribution in [1.82, 2.24) is 10.3 Å². The van der Waals surface area contributed by atoms with Crippen LogP contribution in [0.3, 0.4) is 0 Å². The first-order valence-corrected chi connectivity index (χ1v) is 7.38. The fourth-order valence-electron chi connectivity index (χ4n) is 1.36. The molecule has 2 rings (SSSR count). The summed E-state index contributed by atoms with van der Waals surface area (Å²) in [6.07, 6.45) is -4.79. The highest BCUT2D eigenvalue weighted by Gasteiger charge is 2.40. The van der Waals surface area contributed by atoms with Crippen molar-refractivity contribution in [3.05, 3.63) is 10.6 Å². The zero-order valence-electron chi connectivity index (χ0n) is 10.5. The van der Waals surface area contributed by atoms with Gasteiger partial charge in [-0.15, -0.1) is 0 Å². The zero-order valence-corrected chi connectivity index (χ0v) is 12.1. The number of carbonyl (C=O) groups excluding carboxylic acids is 2. The van der Waals surface area contributed by atoms with Crippen LogP contribution in [0.2, 0.25) is 0 Å². The lowest BCUT2D eigenvalue weighted by atomic mass is 10.3. The van der Waals surface area contributed by atoms with E-state index in [1.807, 2.05) is 0 Å². The number of amidine groups is 1. The van der Waals surface area contributed by atoms with E-state index in [0.29, 0.717) is 11.3 Å². The van der Waals surface area contributed by atoms with Crippen LogP contribution < -0.4 is 5.32 Å². The molecule has 0 bridgehead atoms. The number of nitrogens with one attached hydrogen (secondary N) is 1. The highest BCUT2D eigenvalue weighted by Crippen LogP contribution is 2.37. The molecule has 11 heteroatoms. The summed E-state index contributed by atoms with van der Waals surface area (Å²) >= 11 is 1.51. The third-order valence-corrected chi connectivity index (χ3v) is 3.93. The van der Waals surface area contributed by atoms with Gasteiger partial charge >= 0.3 is 12.1 Å². The number of ether oxygens (including phenoxy) is 1. The second-order valence-electron chi connectivity index (χ2n) is 3.65. The molecule has 1 aromatic rings. The number of carbonyl (C=O) groups is 2. The van der Waals surface area contributed by atoms with Gasteiger partial charge in [-0.25, -0.2) is 9.78 Å². The molecule has 1 N–H and O–H groups in total. The van der Waals surface area contributed by atoms with Gasteiger partial charge in [-0.05, 0) is 6.92 Å². The van der Waals surface area contributed by atoms with Crippen molar-refractivity contribution in [1.29, 1.82) is 0 Å². The number of hydrogen-bond donors (Lipinski definition) is 1. The molecule has 0 aromatic carbocycles. The number of halogens is 3. The smallest absolute Gasteiger partial charge is 0.435 e. The Labute approximate surface area is 124 Å². The highest BCUT2D eigenvalue weighted by molar-refractivity contribution is 8.15. The Morgan fingerprint density at radius 3 is 2.76 bits per heavy atom. The molecule has 0 spiro atoms. The predicted octanol–water partition coefficient (Wildman–Crippen LogP) is 2.19. The molecule has 0 radical (unpaired) electrons. The van der Waals surface area contributed by atoms with Gasteiger partial charge in [0.25, 0.3) is 0 Å². The second kappa shape index (κ2) is 6.02. The third-order valence-electron chi connectivity index (χ3n) is 2.13. The van der Waals surface area contributed by atoms with Gasteiger partial charge in [-0.1, -0.05) is 23.1 Å². The van der Waals surface area contributed by atoms with Crippen LogP contribution in [0.15, 0.2) is 4.99 Å². The lowest BCUT2D eigenvalue weighted by Crippen LogP contribution is -2.19. The summed E-state index contributed by atoms with van der Waals surface area (Å²) in [6, 6.07) is 0. The minimum atomic E-state index is -4.79. The molecule has 1 aliphatic rings. The predicted molar refractivity (Wildman–Crippen MR) is 70.8 cm³/mol. The topological polar surface area (TPSA) is 80.6 Å². The summed E-state index contributed by atoms with van der Waals surface area (Å²) in [5, 5.41) is 2.25. The fraction of sp³-hybridized carbons (Fsp3) is 0.400. The van der Waals surface area contributed by atoms with E-state index in [2.05, 4.69) is 20.0 Å². The van der Waals surface area contributed by atoms with Crippen LogP contribution in [0.4, 0.5) is 18.3 Å². The Morgan fingerprint density at radius 1 is 1.52 bits per heavy atom. The maximum atomic E-state index is 12.9. The van der Waals surface area contributed by atoms with Gasteiger partial charge in [0.1, 0.15) is 4.88 Å². The highest BCUT2D eigenvalue weighted by atomic mass is 32.2. The molecule has 1 fully saturated rings. The Balaban J connectivity index is 2.36. The van der Waals surface area contributed by atoms with Gasteiger partial charge in [-0.2, -0.15) is 18.2 Å². The van der Waals surface area contributed by atoms with Crippen molar-refractivity contribution in [2.75, 3.05) is 12.4 Å². The maximum Gasteiger partial charge on any atom is 0.435 e. The standard InChI is InChI=1S/C10H8F3N3O3S2/c1-2-19-7(18)5-6(10(11,12)13)15-9(21-5)16-8-14-4(17)3-20-8/h2-3H2,1H3,(H,14,15,16,17). The number of thioether (sulfide) groups is 1. The molecule has 1 aromatic heterocycles. The van der Waals surface area contributed by atoms with Crippen molar-refractivity contribution < 1.29 is 27.5 Å². The second-order valence-corrected chi connectivity index (χ2v) is 5.59. The van der Waals surface area contributed by atoms with Gasteiger partial charge in [-0.3, -0.25) is 4.79 Å². The largest absolute Gasteiger partial charge is 0.462 e. The van der Waals surface area contributed by atoms with E-state index >= 15 is 0 Å². The van der Waals surface area contributed by atoms with Crippen molar-refractivity contribution in [2.45, 2.75) is 13.1 Å². The molecule has 1 aliphatic heterocycles. The lowest BCUT2D eigenvalue weighted by Gasteiger charge is -2.04. The van der Waals surface area contributed by atoms with E-state index < -0.39 is 22.7 Å². The number of hydrogen-bond acceptors (Lipinski definition) is 7. The van der Waals surface area contributed by atoms with E-state index in [4.69, 9.17) is 0 Å². The number of thiazole rings is 1. The van der Waals surface area contributed by atoms with Crippen LogP contribution in [0.5, 0.6) is 0 Å². The van der Waals surface area contributed by atoms with E-state index in [1.165, 1.54) is 6.92 Å². The minimum Gasteiger partial charge on any atom is -0.462 e. The van der Waals surface area contributed by atoms with Crippen molar-refractivity contribution in [2.24, 2.45) is 4.99 Å². The molecule has 0 saturated carbocycles. The Kier molecular flexibility index (Phi) is 4.52. The van der Waals surface area contributed by atoms with E-state index in [0.717, 1.165) is 11.8 Å². The summed E-state index contributed by atoms with van der Waals surface area (Å²) < 4.78 is 43.1. The third kappa shape index (κ3) is 3.73. The molecule has 1 amide bonds. The van der Waals surface area contributed by atoms with E-state index in [9.17, 15) is 22.8 Å². The number of aliphatic imine (C=N–C) groups is 1. The number of aromatic nitrogens is 1. The number of amides is 1. The van der Waals surface area contributed by atoms with Crippen LogP contribution in [0.25, 0.3) is 0 Å². The van der Waals surface area contributed by atoms with Gasteiger partial charge in [0.05, 0.1) is 12.4 Å². The number of alkyl halides is 3. The van der Waals surface area contributed by atoms with Gasteiger partial charge in [0, 0.05) is 0 Å². The average molecular weight is 339 g/mol. The van der Waals surface area contributed by atoms with Crippen molar-refractivity contribution >= 4 is 45.3 Å². The molecule has 0 atom stereocenters. The van der Waals surface area contributed by atoms with Crippen LogP contribution in [0.1, 0.15) is 22.3 Å². The fourth-order valence-corrected chi connectivity index (χ4v) is 2.95. The molecule has 1 saturated heterocycles. The number of rotatable bonds is 3. The summed E-state index contributed by atoms with van der Waals surface area (Å²) in [5.74, 6) is -1.25. The molecule has 114 valence electrons. The first kappa shape index (κ1) is 15.8. The van der Waals surface area contributed by atoms with Gasteiger partial charge in [0.15, 0.2) is 10.9 Å². The first-order valence-electron chi connectivity index (χ1n) is 5.57. The monoisotopic (exact) mass is 339 g/mol. The molecular weight excluding hydrogens is 331 g/mol. The van der Waals surface area contributed by atoms with Gasteiger partial charge < -0.3 is 10.1 Å². The molecule has 6 nitrogen and oxygen atoms in total. The van der Waals surface area contributed by atoms with E-state index in [1.54, 1.807) is 0 Å². The Bertz CT molecular complexity index is 612.